The summed E-state index contributed by atoms with van der Waals surface area (Å²) in [6, 6.07) is 11.0. The molecule has 0 bridgehead atoms. The summed E-state index contributed by atoms with van der Waals surface area (Å²) in [6.45, 7) is 6.62. The summed E-state index contributed by atoms with van der Waals surface area (Å²) in [5, 5.41) is 12.6. The lowest BCUT2D eigenvalue weighted by Gasteiger charge is -2.14. The van der Waals surface area contributed by atoms with Crippen LogP contribution in [0.25, 0.3) is 0 Å². The van der Waals surface area contributed by atoms with Crippen LogP contribution in [0.5, 0.6) is 5.75 Å². The molecule has 5 heteroatoms. The van der Waals surface area contributed by atoms with Crippen LogP contribution in [0, 0.1) is 12.8 Å². The van der Waals surface area contributed by atoms with Gasteiger partial charge >= 0.3 is 0 Å². The molecular formula is C20H26N2O3. The Morgan fingerprint density at radius 1 is 1.28 bits per heavy atom. The first kappa shape index (κ1) is 18.9. The van der Waals surface area contributed by atoms with Crippen molar-refractivity contribution in [2.45, 2.75) is 39.9 Å². The molecule has 1 amide bonds. The van der Waals surface area contributed by atoms with Crippen LogP contribution in [0.3, 0.4) is 0 Å². The van der Waals surface area contributed by atoms with Crippen LogP contribution in [-0.2, 0) is 6.61 Å². The molecule has 1 atom stereocenters. The number of pyridine rings is 1. The second kappa shape index (κ2) is 9.18. The van der Waals surface area contributed by atoms with Gasteiger partial charge in [-0.2, -0.15) is 0 Å². The lowest BCUT2D eigenvalue weighted by atomic mass is 10.1. The van der Waals surface area contributed by atoms with Crippen molar-refractivity contribution in [3.63, 3.8) is 0 Å². The standard InChI is InChI=1S/C20H26N2O3/c1-14(2)9-18(23)11-22-20(24)17-6-4-5-16(10-17)13-25-19-8-7-15(3)21-12-19/h4-8,10,12,14,18,23H,9,11,13H2,1-3H3,(H,22,24). The van der Waals surface area contributed by atoms with Crippen LogP contribution in [0.4, 0.5) is 0 Å². The van der Waals surface area contributed by atoms with E-state index in [1.165, 1.54) is 0 Å². The molecule has 2 aromatic rings. The molecule has 2 N–H and O–H groups in total. The van der Waals surface area contributed by atoms with E-state index in [0.717, 1.165) is 11.3 Å². The summed E-state index contributed by atoms with van der Waals surface area (Å²) in [5.74, 6) is 0.891. The number of aryl methyl sites for hydroxylation is 1. The van der Waals surface area contributed by atoms with Crippen molar-refractivity contribution in [2.24, 2.45) is 5.92 Å². The third-order valence-electron chi connectivity index (χ3n) is 3.72. The Bertz CT molecular complexity index is 684. The minimum atomic E-state index is -0.524. The average molecular weight is 342 g/mol. The number of amides is 1. The summed E-state index contributed by atoms with van der Waals surface area (Å²) in [6.07, 6.45) is 1.82. The zero-order valence-corrected chi connectivity index (χ0v) is 15.0. The van der Waals surface area contributed by atoms with Crippen LogP contribution in [0.1, 0.15) is 41.9 Å². The molecule has 5 nitrogen and oxygen atoms in total. The first-order valence-electron chi connectivity index (χ1n) is 8.54. The molecule has 1 aromatic heterocycles. The van der Waals surface area contributed by atoms with Crippen molar-refractivity contribution in [1.82, 2.24) is 10.3 Å². The monoisotopic (exact) mass is 342 g/mol. The number of nitrogens with zero attached hydrogens (tertiary/aromatic N) is 1. The van der Waals surface area contributed by atoms with Gasteiger partial charge in [-0.05, 0) is 49.1 Å². The Morgan fingerprint density at radius 2 is 2.08 bits per heavy atom. The highest BCUT2D eigenvalue weighted by Gasteiger charge is 2.11. The summed E-state index contributed by atoms with van der Waals surface area (Å²) >= 11 is 0. The molecule has 134 valence electrons. The van der Waals surface area contributed by atoms with Gasteiger partial charge in [0.25, 0.3) is 5.91 Å². The number of aliphatic hydroxyl groups is 1. The quantitative estimate of drug-likeness (QED) is 0.773. The maximum atomic E-state index is 12.2. The highest BCUT2D eigenvalue weighted by Crippen LogP contribution is 2.13. The molecule has 0 fully saturated rings. The van der Waals surface area contributed by atoms with Crippen LogP contribution in [0.2, 0.25) is 0 Å². The number of aliphatic hydroxyl groups excluding tert-OH is 1. The predicted octanol–water partition coefficient (Wildman–Crippen LogP) is 3.11. The number of rotatable bonds is 8. The third-order valence-corrected chi connectivity index (χ3v) is 3.72. The first-order valence-corrected chi connectivity index (χ1v) is 8.54. The molecule has 1 aromatic carbocycles. The minimum absolute atomic E-state index is 0.193. The van der Waals surface area contributed by atoms with Gasteiger partial charge in [0, 0.05) is 17.8 Å². The van der Waals surface area contributed by atoms with E-state index < -0.39 is 6.10 Å². The molecule has 0 radical (unpaired) electrons. The Morgan fingerprint density at radius 3 is 2.76 bits per heavy atom. The Hall–Kier alpha value is -2.40. The normalized spacial score (nSPS) is 12.0. The number of benzene rings is 1. The molecule has 0 aliphatic heterocycles. The molecule has 0 spiro atoms. The highest BCUT2D eigenvalue weighted by atomic mass is 16.5. The number of hydrogen-bond donors (Lipinski definition) is 2. The molecule has 1 unspecified atom stereocenters. The van der Waals surface area contributed by atoms with Crippen molar-refractivity contribution in [3.05, 3.63) is 59.4 Å². The van der Waals surface area contributed by atoms with Crippen LogP contribution >= 0.6 is 0 Å². The minimum Gasteiger partial charge on any atom is -0.487 e. The van der Waals surface area contributed by atoms with E-state index >= 15 is 0 Å². The summed E-state index contributed by atoms with van der Waals surface area (Å²) < 4.78 is 5.69. The summed E-state index contributed by atoms with van der Waals surface area (Å²) in [7, 11) is 0. The van der Waals surface area contributed by atoms with Gasteiger partial charge in [-0.3, -0.25) is 9.78 Å². The van der Waals surface area contributed by atoms with E-state index in [1.54, 1.807) is 18.3 Å². The second-order valence-electron chi connectivity index (χ2n) is 6.62. The van der Waals surface area contributed by atoms with E-state index in [-0.39, 0.29) is 12.5 Å². The number of carbonyl (C=O) groups is 1. The lowest BCUT2D eigenvalue weighted by Crippen LogP contribution is -2.32. The highest BCUT2D eigenvalue weighted by molar-refractivity contribution is 5.94. The number of hydrogen-bond acceptors (Lipinski definition) is 4. The van der Waals surface area contributed by atoms with Gasteiger partial charge in [-0.1, -0.05) is 26.0 Å². The van der Waals surface area contributed by atoms with Crippen molar-refractivity contribution in [2.75, 3.05) is 6.54 Å². The Labute approximate surface area is 149 Å². The fourth-order valence-corrected chi connectivity index (χ4v) is 2.45. The van der Waals surface area contributed by atoms with Gasteiger partial charge in [0.05, 0.1) is 12.3 Å². The van der Waals surface area contributed by atoms with Crippen molar-refractivity contribution < 1.29 is 14.6 Å². The molecule has 0 aliphatic carbocycles. The van der Waals surface area contributed by atoms with Crippen LogP contribution in [-0.4, -0.2) is 28.6 Å². The van der Waals surface area contributed by atoms with Crippen molar-refractivity contribution >= 4 is 5.91 Å². The fourth-order valence-electron chi connectivity index (χ4n) is 2.45. The van der Waals surface area contributed by atoms with Crippen molar-refractivity contribution in [1.29, 1.82) is 0 Å². The smallest absolute Gasteiger partial charge is 0.251 e. The zero-order valence-electron chi connectivity index (χ0n) is 15.0. The van der Waals surface area contributed by atoms with E-state index in [2.05, 4.69) is 10.3 Å². The van der Waals surface area contributed by atoms with Gasteiger partial charge in [0.15, 0.2) is 0 Å². The number of nitrogens with one attached hydrogen (secondary N) is 1. The number of aromatic nitrogens is 1. The third kappa shape index (κ3) is 6.55. The molecule has 0 aliphatic rings. The lowest BCUT2D eigenvalue weighted by molar-refractivity contribution is 0.0900. The number of ether oxygens (including phenoxy) is 1. The zero-order chi connectivity index (χ0) is 18.2. The Balaban J connectivity index is 1.89. The maximum absolute atomic E-state index is 12.2. The molecular weight excluding hydrogens is 316 g/mol. The van der Waals surface area contributed by atoms with Crippen LogP contribution < -0.4 is 10.1 Å². The predicted molar refractivity (Wildman–Crippen MR) is 97.5 cm³/mol. The van der Waals surface area contributed by atoms with E-state index in [9.17, 15) is 9.90 Å². The molecule has 0 saturated heterocycles. The Kier molecular flexibility index (Phi) is 6.95. The fraction of sp³-hybridized carbons (Fsp3) is 0.400. The van der Waals surface area contributed by atoms with Gasteiger partial charge in [0.1, 0.15) is 12.4 Å². The SMILES string of the molecule is Cc1ccc(OCc2cccc(C(=O)NCC(O)CC(C)C)c2)cn1. The second-order valence-corrected chi connectivity index (χ2v) is 6.62. The van der Waals surface area contributed by atoms with Gasteiger partial charge < -0.3 is 15.2 Å². The van der Waals surface area contributed by atoms with E-state index in [0.29, 0.717) is 30.3 Å². The number of carbonyl (C=O) groups excluding carboxylic acids is 1. The van der Waals surface area contributed by atoms with Gasteiger partial charge in [0.2, 0.25) is 0 Å². The van der Waals surface area contributed by atoms with Gasteiger partial charge in [-0.25, -0.2) is 0 Å². The maximum Gasteiger partial charge on any atom is 0.251 e. The summed E-state index contributed by atoms with van der Waals surface area (Å²) in [4.78, 5) is 16.4. The summed E-state index contributed by atoms with van der Waals surface area (Å²) in [5.41, 5.74) is 2.39. The molecule has 0 saturated carbocycles. The largest absolute Gasteiger partial charge is 0.487 e. The molecule has 2 rings (SSSR count). The van der Waals surface area contributed by atoms with Crippen LogP contribution in [0.15, 0.2) is 42.6 Å². The van der Waals surface area contributed by atoms with Gasteiger partial charge in [-0.15, -0.1) is 0 Å². The molecule has 1 heterocycles. The first-order chi connectivity index (χ1) is 11.9. The topological polar surface area (TPSA) is 71.5 Å². The average Bonchev–Trinajstić information content (AvgIpc) is 2.59. The van der Waals surface area contributed by atoms with E-state index in [1.807, 2.05) is 45.0 Å². The molecule has 25 heavy (non-hydrogen) atoms. The van der Waals surface area contributed by atoms with E-state index in [4.69, 9.17) is 4.74 Å². The van der Waals surface area contributed by atoms with Crippen molar-refractivity contribution in [3.8, 4) is 5.75 Å².